The van der Waals surface area contributed by atoms with Gasteiger partial charge in [0, 0.05) is 37.3 Å². The van der Waals surface area contributed by atoms with Gasteiger partial charge in [0.05, 0.1) is 11.3 Å². The Bertz CT molecular complexity index is 464. The van der Waals surface area contributed by atoms with Gasteiger partial charge in [-0.15, -0.1) is 11.3 Å². The molecule has 0 fully saturated rings. The van der Waals surface area contributed by atoms with Crippen molar-refractivity contribution in [1.82, 2.24) is 9.38 Å². The normalized spacial score (nSPS) is 14.2. The van der Waals surface area contributed by atoms with Gasteiger partial charge in [-0.2, -0.15) is 0 Å². The lowest BCUT2D eigenvalue weighted by molar-refractivity contribution is -0.0375. The Morgan fingerprint density at radius 3 is 2.78 bits per heavy atom. The van der Waals surface area contributed by atoms with Gasteiger partial charge in [0.15, 0.2) is 4.96 Å². The second-order valence-corrected chi connectivity index (χ2v) is 5.48. The Balaban J connectivity index is 2.15. The maximum atomic E-state index is 6.34. The lowest BCUT2D eigenvalue weighted by Crippen LogP contribution is -2.50. The first-order valence-electron chi connectivity index (χ1n) is 6.37. The SMILES string of the molecule is CCC(CC)(OC)C(N)Cc1cn2ccsc2n1. The molecule has 2 heterocycles. The topological polar surface area (TPSA) is 52.5 Å². The molecule has 1 unspecified atom stereocenters. The molecule has 5 heteroatoms. The number of nitrogens with two attached hydrogens (primary N) is 1. The number of methoxy groups -OCH3 is 1. The summed E-state index contributed by atoms with van der Waals surface area (Å²) in [5.74, 6) is 0. The Labute approximate surface area is 112 Å². The van der Waals surface area contributed by atoms with Crippen molar-refractivity contribution in [2.75, 3.05) is 7.11 Å². The van der Waals surface area contributed by atoms with E-state index >= 15 is 0 Å². The highest BCUT2D eigenvalue weighted by Crippen LogP contribution is 2.25. The van der Waals surface area contributed by atoms with Crippen LogP contribution in [0.3, 0.4) is 0 Å². The third-order valence-corrected chi connectivity index (χ3v) is 4.62. The summed E-state index contributed by atoms with van der Waals surface area (Å²) in [6, 6.07) is -0.0258. The number of rotatable bonds is 6. The van der Waals surface area contributed by atoms with Crippen LogP contribution in [0.2, 0.25) is 0 Å². The van der Waals surface area contributed by atoms with Gasteiger partial charge < -0.3 is 10.5 Å². The Morgan fingerprint density at radius 2 is 2.22 bits per heavy atom. The largest absolute Gasteiger partial charge is 0.377 e. The van der Waals surface area contributed by atoms with Crippen LogP contribution >= 0.6 is 11.3 Å². The van der Waals surface area contributed by atoms with Gasteiger partial charge in [-0.1, -0.05) is 13.8 Å². The van der Waals surface area contributed by atoms with E-state index in [0.29, 0.717) is 0 Å². The van der Waals surface area contributed by atoms with Gasteiger partial charge in [-0.05, 0) is 12.8 Å². The first kappa shape index (κ1) is 13.5. The van der Waals surface area contributed by atoms with Crippen LogP contribution in [0.5, 0.6) is 0 Å². The van der Waals surface area contributed by atoms with Gasteiger partial charge in [0.1, 0.15) is 0 Å². The number of fused-ring (bicyclic) bond motifs is 1. The summed E-state index contributed by atoms with van der Waals surface area (Å²) in [4.78, 5) is 5.60. The zero-order valence-electron chi connectivity index (χ0n) is 11.2. The van der Waals surface area contributed by atoms with Crippen molar-refractivity contribution in [2.24, 2.45) is 5.73 Å². The molecular weight excluding hydrogens is 246 g/mol. The first-order chi connectivity index (χ1) is 8.65. The molecule has 0 saturated heterocycles. The molecule has 2 rings (SSSR count). The fourth-order valence-corrected chi connectivity index (χ4v) is 3.22. The summed E-state index contributed by atoms with van der Waals surface area (Å²) in [6.07, 6.45) is 6.67. The number of aromatic nitrogens is 2. The van der Waals surface area contributed by atoms with Crippen LogP contribution in [-0.2, 0) is 11.2 Å². The summed E-state index contributed by atoms with van der Waals surface area (Å²) < 4.78 is 7.71. The molecule has 0 spiro atoms. The van der Waals surface area contributed by atoms with Gasteiger partial charge in [-0.25, -0.2) is 4.98 Å². The minimum atomic E-state index is -0.239. The van der Waals surface area contributed by atoms with Crippen molar-refractivity contribution in [3.63, 3.8) is 0 Å². The van der Waals surface area contributed by atoms with E-state index in [2.05, 4.69) is 25.0 Å². The molecule has 2 aromatic rings. The Hall–Kier alpha value is -0.910. The summed E-state index contributed by atoms with van der Waals surface area (Å²) >= 11 is 1.64. The fourth-order valence-electron chi connectivity index (χ4n) is 2.50. The molecule has 2 aromatic heterocycles. The van der Waals surface area contributed by atoms with Crippen molar-refractivity contribution in [2.45, 2.75) is 44.8 Å². The summed E-state index contributed by atoms with van der Waals surface area (Å²) in [5, 5.41) is 2.03. The lowest BCUT2D eigenvalue weighted by atomic mass is 9.86. The van der Waals surface area contributed by atoms with Crippen LogP contribution < -0.4 is 5.73 Å². The molecule has 4 nitrogen and oxygen atoms in total. The molecular formula is C13H21N3OS. The highest BCUT2D eigenvalue weighted by molar-refractivity contribution is 7.15. The quantitative estimate of drug-likeness (QED) is 0.874. The predicted octanol–water partition coefficient (Wildman–Crippen LogP) is 2.47. The van der Waals surface area contributed by atoms with Crippen molar-refractivity contribution < 1.29 is 4.74 Å². The lowest BCUT2D eigenvalue weighted by Gasteiger charge is -2.35. The van der Waals surface area contributed by atoms with E-state index in [0.717, 1.165) is 29.9 Å². The van der Waals surface area contributed by atoms with E-state index in [4.69, 9.17) is 10.5 Å². The monoisotopic (exact) mass is 267 g/mol. The number of nitrogens with zero attached hydrogens (tertiary/aromatic N) is 2. The molecule has 0 aromatic carbocycles. The van der Waals surface area contributed by atoms with Crippen LogP contribution in [0.1, 0.15) is 32.4 Å². The molecule has 18 heavy (non-hydrogen) atoms. The van der Waals surface area contributed by atoms with E-state index in [1.54, 1.807) is 18.4 Å². The summed E-state index contributed by atoms with van der Waals surface area (Å²) in [6.45, 7) is 4.25. The Kier molecular flexibility index (Phi) is 4.04. The molecule has 2 N–H and O–H groups in total. The van der Waals surface area contributed by atoms with Gasteiger partial charge in [0.25, 0.3) is 0 Å². The summed E-state index contributed by atoms with van der Waals surface area (Å²) in [7, 11) is 1.75. The van der Waals surface area contributed by atoms with Crippen LogP contribution in [-0.4, -0.2) is 28.1 Å². The zero-order chi connectivity index (χ0) is 13.2. The van der Waals surface area contributed by atoms with E-state index in [9.17, 15) is 0 Å². The highest BCUT2D eigenvalue weighted by Gasteiger charge is 2.33. The number of hydrogen-bond acceptors (Lipinski definition) is 4. The molecule has 0 radical (unpaired) electrons. The third kappa shape index (κ3) is 2.30. The average Bonchev–Trinajstić information content (AvgIpc) is 2.92. The minimum Gasteiger partial charge on any atom is -0.377 e. The zero-order valence-corrected chi connectivity index (χ0v) is 12.0. The van der Waals surface area contributed by atoms with E-state index in [1.807, 2.05) is 16.0 Å². The van der Waals surface area contributed by atoms with Crippen LogP contribution in [0.25, 0.3) is 4.96 Å². The molecule has 1 atom stereocenters. The maximum Gasteiger partial charge on any atom is 0.193 e. The van der Waals surface area contributed by atoms with Crippen LogP contribution in [0.4, 0.5) is 0 Å². The molecule has 0 bridgehead atoms. The van der Waals surface area contributed by atoms with Crippen molar-refractivity contribution in [1.29, 1.82) is 0 Å². The van der Waals surface area contributed by atoms with Crippen molar-refractivity contribution in [3.8, 4) is 0 Å². The standard InChI is InChI=1S/C13H21N3OS/c1-4-13(5-2,17-3)11(14)8-10-9-16-6-7-18-12(16)15-10/h6-7,9,11H,4-5,8,14H2,1-3H3. The van der Waals surface area contributed by atoms with E-state index in [1.165, 1.54) is 0 Å². The van der Waals surface area contributed by atoms with Gasteiger partial charge in [0.2, 0.25) is 0 Å². The number of imidazole rings is 1. The second kappa shape index (κ2) is 5.38. The number of ether oxygens (including phenoxy) is 1. The Morgan fingerprint density at radius 1 is 1.50 bits per heavy atom. The highest BCUT2D eigenvalue weighted by atomic mass is 32.1. The molecule has 0 saturated carbocycles. The van der Waals surface area contributed by atoms with Gasteiger partial charge in [-0.3, -0.25) is 4.40 Å². The van der Waals surface area contributed by atoms with E-state index in [-0.39, 0.29) is 11.6 Å². The maximum absolute atomic E-state index is 6.34. The van der Waals surface area contributed by atoms with Crippen molar-refractivity contribution in [3.05, 3.63) is 23.5 Å². The number of hydrogen-bond donors (Lipinski definition) is 1. The molecule has 0 amide bonds. The average molecular weight is 267 g/mol. The third-order valence-electron chi connectivity index (χ3n) is 3.85. The van der Waals surface area contributed by atoms with Crippen LogP contribution in [0.15, 0.2) is 17.8 Å². The second-order valence-electron chi connectivity index (χ2n) is 4.61. The number of thiazole rings is 1. The fraction of sp³-hybridized carbons (Fsp3) is 0.615. The van der Waals surface area contributed by atoms with Crippen LogP contribution in [0, 0.1) is 0 Å². The molecule has 0 aliphatic rings. The molecule has 0 aliphatic carbocycles. The first-order valence-corrected chi connectivity index (χ1v) is 7.25. The molecule has 0 aliphatic heterocycles. The van der Waals surface area contributed by atoms with Crippen molar-refractivity contribution >= 4 is 16.3 Å². The summed E-state index contributed by atoms with van der Waals surface area (Å²) in [5.41, 5.74) is 7.14. The van der Waals surface area contributed by atoms with E-state index < -0.39 is 0 Å². The van der Waals surface area contributed by atoms with Gasteiger partial charge >= 0.3 is 0 Å². The molecule has 100 valence electrons. The minimum absolute atomic E-state index is 0.0258. The predicted molar refractivity (Wildman–Crippen MR) is 75.1 cm³/mol. The smallest absolute Gasteiger partial charge is 0.193 e.